The zero-order valence-electron chi connectivity index (χ0n) is 6.73. The van der Waals surface area contributed by atoms with Crippen molar-refractivity contribution < 1.29 is 1.37 Å². The molecule has 0 fully saturated rings. The van der Waals surface area contributed by atoms with E-state index in [-0.39, 0.29) is 6.40 Å². The van der Waals surface area contributed by atoms with Crippen LogP contribution in [0.25, 0.3) is 0 Å². The van der Waals surface area contributed by atoms with Gasteiger partial charge in [0.2, 0.25) is 0 Å². The minimum atomic E-state index is 0.0833. The fraction of sp³-hybridized carbons (Fsp3) is 1.00. The highest BCUT2D eigenvalue weighted by atomic mass is 13.6. The van der Waals surface area contributed by atoms with Gasteiger partial charge in [0.1, 0.15) is 0 Å². The monoisotopic (exact) mass is 99.1 g/mol. The van der Waals surface area contributed by atoms with Crippen molar-refractivity contribution in [1.82, 2.24) is 0 Å². The van der Waals surface area contributed by atoms with E-state index in [9.17, 15) is 0 Å². The van der Waals surface area contributed by atoms with Crippen LogP contribution in [0.1, 0.15) is 35.5 Å². The summed E-state index contributed by atoms with van der Waals surface area (Å²) in [7, 11) is 5.11. The highest BCUT2D eigenvalue weighted by molar-refractivity contribution is 6.10. The van der Waals surface area contributed by atoms with E-state index in [4.69, 9.17) is 9.22 Å². The third-order valence-corrected chi connectivity index (χ3v) is 0. The summed E-state index contributed by atoms with van der Waals surface area (Å²) in [6, 6.07) is 0. The number of hydrogen-bond acceptors (Lipinski definition) is 0. The molecule has 0 atom stereocenters. The molecule has 0 saturated carbocycles. The predicted octanol–water partition coefficient (Wildman–Crippen LogP) is 2.40. The Balaban J connectivity index is 0. The van der Waals surface area contributed by atoms with E-state index in [1.165, 1.54) is 0 Å². The van der Waals surface area contributed by atoms with Gasteiger partial charge in [0.15, 0.2) is 0 Å². The van der Waals surface area contributed by atoms with E-state index in [1.54, 1.807) is 0 Å². The van der Waals surface area contributed by atoms with Crippen LogP contribution in [0, 0.1) is 0 Å². The lowest BCUT2D eigenvalue weighted by Crippen LogP contribution is -1.67. The Hall–Kier alpha value is 0.0649. The van der Waals surface area contributed by atoms with Gasteiger partial charge < -0.3 is 0 Å². The maximum absolute atomic E-state index is 6.58. The second kappa shape index (κ2) is 9.42. The first-order valence-electron chi connectivity index (χ1n) is 3.22. The smallest absolute Gasteiger partial charge is 0.0692 e. The maximum atomic E-state index is 6.58. The normalized spacial score (nSPS) is 10.3. The summed E-state index contributed by atoms with van der Waals surface area (Å²) in [6.07, 6.45) is 0.0833. The van der Waals surface area contributed by atoms with Gasteiger partial charge in [-0.1, -0.05) is 39.9 Å². The minimum Gasteiger partial charge on any atom is -0.0829 e. The zero-order chi connectivity index (χ0) is 7.15. The molecule has 0 heterocycles. The first-order valence-corrected chi connectivity index (χ1v) is 2.64. The van der Waals surface area contributed by atoms with Gasteiger partial charge in [-0.15, -0.1) is 0 Å². The van der Waals surface area contributed by atoms with E-state index in [0.717, 1.165) is 0 Å². The van der Waals surface area contributed by atoms with Crippen molar-refractivity contribution in [3.05, 3.63) is 0 Å². The molecule has 0 aliphatic rings. The Bertz CT molecular complexity index is 24.0. The van der Waals surface area contributed by atoms with Crippen LogP contribution in [0.5, 0.6) is 0 Å². The molecule has 0 spiro atoms. The van der Waals surface area contributed by atoms with Crippen LogP contribution in [0.15, 0.2) is 0 Å². The summed E-state index contributed by atoms with van der Waals surface area (Å²) >= 11 is 0. The van der Waals surface area contributed by atoms with Crippen LogP contribution < -0.4 is 0 Å². The summed E-state index contributed by atoms with van der Waals surface area (Å²) in [5.41, 5.74) is 0. The molecule has 0 amide bonds. The van der Waals surface area contributed by atoms with Gasteiger partial charge in [-0.05, 0) is 0 Å². The molecule has 0 rings (SSSR count). The van der Waals surface area contributed by atoms with E-state index in [0.29, 0.717) is 5.82 Å². The largest absolute Gasteiger partial charge is 0.0829 e. The second-order valence-corrected chi connectivity index (χ2v) is 1.82. The van der Waals surface area contributed by atoms with Crippen molar-refractivity contribution in [3.8, 4) is 0 Å². The maximum Gasteiger partial charge on any atom is 0.0692 e. The van der Waals surface area contributed by atoms with Gasteiger partial charge in [0.05, 0.1) is 7.85 Å². The lowest BCUT2D eigenvalue weighted by molar-refractivity contribution is 1.08. The first-order chi connectivity index (χ1) is 3.46. The zero-order valence-corrected chi connectivity index (χ0v) is 5.73. The Morgan fingerprint density at radius 3 is 1.57 bits per heavy atom. The second-order valence-electron chi connectivity index (χ2n) is 1.82. The molecule has 0 saturated heterocycles. The quantitative estimate of drug-likeness (QED) is 0.409. The molecule has 0 aromatic rings. The fourth-order valence-corrected chi connectivity index (χ4v) is 0. The molecule has 0 aliphatic heterocycles. The van der Waals surface area contributed by atoms with Crippen molar-refractivity contribution in [2.75, 3.05) is 0 Å². The topological polar surface area (TPSA) is 0 Å². The molecule has 7 heavy (non-hydrogen) atoms. The van der Waals surface area contributed by atoms with Crippen LogP contribution in [-0.2, 0) is 0 Å². The van der Waals surface area contributed by atoms with Crippen LogP contribution in [-0.4, -0.2) is 7.85 Å². The highest BCUT2D eigenvalue weighted by Gasteiger charge is 1.68. The Morgan fingerprint density at radius 2 is 1.57 bits per heavy atom. The van der Waals surface area contributed by atoms with E-state index in [1.807, 2.05) is 27.7 Å². The van der Waals surface area contributed by atoms with Crippen molar-refractivity contribution in [2.24, 2.45) is 0 Å². The van der Waals surface area contributed by atoms with Gasteiger partial charge >= 0.3 is 0 Å². The summed E-state index contributed by atoms with van der Waals surface area (Å²) in [5.74, 6) is 0.333. The van der Waals surface area contributed by atoms with E-state index >= 15 is 0 Å². The summed E-state index contributed by atoms with van der Waals surface area (Å²) in [5, 5.41) is 0. The Labute approximate surface area is 50.1 Å². The molecule has 0 aliphatic carbocycles. The number of hydrogen-bond donors (Lipinski definition) is 0. The lowest BCUT2D eigenvalue weighted by Gasteiger charge is -1.79. The van der Waals surface area contributed by atoms with Gasteiger partial charge in [-0.25, -0.2) is 0 Å². The molecular formula is C6H15B. The highest BCUT2D eigenvalue weighted by Crippen LogP contribution is 1.84. The molecule has 1 heteroatoms. The third kappa shape index (κ3) is 23800. The van der Waals surface area contributed by atoms with Crippen LogP contribution >= 0.6 is 0 Å². The van der Waals surface area contributed by atoms with Crippen LogP contribution in [0.2, 0.25) is 5.82 Å². The molecule has 0 aromatic heterocycles. The first kappa shape index (κ1) is 7.06. The molecule has 0 bridgehead atoms. The third-order valence-electron chi connectivity index (χ3n) is 0. The summed E-state index contributed by atoms with van der Waals surface area (Å²) < 4.78 is 6.58. The Morgan fingerprint density at radius 1 is 1.57 bits per heavy atom. The molecule has 0 aromatic carbocycles. The van der Waals surface area contributed by atoms with Crippen LogP contribution in [0.4, 0.5) is 0 Å². The van der Waals surface area contributed by atoms with Gasteiger partial charge in [-0.2, -0.15) is 0 Å². The van der Waals surface area contributed by atoms with Crippen molar-refractivity contribution >= 4 is 7.85 Å². The van der Waals surface area contributed by atoms with Gasteiger partial charge in [-0.3, -0.25) is 0 Å². The van der Waals surface area contributed by atoms with Crippen molar-refractivity contribution in [1.29, 1.82) is 0 Å². The SMILES string of the molecule is [2H]C(C)C.[B]C(C)C. The average Bonchev–Trinajstić information content (AvgIpc) is 1.25. The average molecular weight is 99.0 g/mol. The molecule has 42 valence electrons. The Kier molecular flexibility index (Phi) is 9.50. The fourth-order valence-electron chi connectivity index (χ4n) is 0. The standard InChI is InChI=1S/C3H7B.C3H8/c1-3(2)4;1-3-2/h3H,1-2H3;3H2,1-2H3/i;3D. The molecule has 0 N–H and O–H groups in total. The van der Waals surface area contributed by atoms with E-state index in [2.05, 4.69) is 0 Å². The molecule has 0 nitrogen and oxygen atoms in total. The number of rotatable bonds is 0. The summed E-state index contributed by atoms with van der Waals surface area (Å²) in [6.45, 7) is 7.56. The van der Waals surface area contributed by atoms with Gasteiger partial charge in [0.25, 0.3) is 0 Å². The molecule has 2 radical (unpaired) electrons. The van der Waals surface area contributed by atoms with E-state index < -0.39 is 0 Å². The minimum absolute atomic E-state index is 0.0833. The summed E-state index contributed by atoms with van der Waals surface area (Å²) in [4.78, 5) is 0. The molecule has 0 unspecified atom stereocenters. The van der Waals surface area contributed by atoms with Crippen molar-refractivity contribution in [2.45, 2.75) is 39.9 Å². The predicted molar refractivity (Wildman–Crippen MR) is 36.8 cm³/mol. The van der Waals surface area contributed by atoms with Crippen molar-refractivity contribution in [3.63, 3.8) is 0 Å². The van der Waals surface area contributed by atoms with Crippen LogP contribution in [0.3, 0.4) is 0 Å². The molecular weight excluding hydrogens is 82.9 g/mol. The lowest BCUT2D eigenvalue weighted by atomic mass is 9.93. The van der Waals surface area contributed by atoms with Gasteiger partial charge in [0, 0.05) is 1.37 Å².